The largest absolute Gasteiger partial charge is 0.307 e. The van der Waals surface area contributed by atoms with Crippen molar-refractivity contribution in [1.29, 1.82) is 0 Å². The third kappa shape index (κ3) is 1.96. The zero-order valence-electron chi connectivity index (χ0n) is 8.61. The molecule has 2 heterocycles. The molecule has 16 heavy (non-hydrogen) atoms. The van der Waals surface area contributed by atoms with E-state index >= 15 is 0 Å². The lowest BCUT2D eigenvalue weighted by atomic mass is 10.2. The van der Waals surface area contributed by atoms with Crippen LogP contribution in [0.15, 0.2) is 24.7 Å². The maximum absolute atomic E-state index is 13.3. The Balaban J connectivity index is 2.38. The molecule has 0 aliphatic carbocycles. The number of rotatable bonds is 2. The number of aromatic nitrogens is 3. The number of anilines is 1. The minimum absolute atomic E-state index is 0.358. The van der Waals surface area contributed by atoms with Crippen molar-refractivity contribution in [2.75, 3.05) is 5.43 Å². The number of nitrogens with zero attached hydrogens (tertiary/aromatic N) is 3. The predicted molar refractivity (Wildman–Crippen MR) is 57.8 cm³/mol. The fourth-order valence-electron chi connectivity index (χ4n) is 1.20. The molecule has 0 bridgehead atoms. The van der Waals surface area contributed by atoms with Crippen LogP contribution < -0.4 is 11.3 Å². The highest BCUT2D eigenvalue weighted by Crippen LogP contribution is 2.17. The number of nitrogens with one attached hydrogen (secondary N) is 1. The van der Waals surface area contributed by atoms with Gasteiger partial charge in [-0.1, -0.05) is 0 Å². The zero-order valence-corrected chi connectivity index (χ0v) is 8.61. The number of nitrogens with two attached hydrogens (primary N) is 1. The molecule has 6 heteroatoms. The van der Waals surface area contributed by atoms with Crippen LogP contribution in [0, 0.1) is 12.7 Å². The molecule has 2 aromatic rings. The fourth-order valence-corrected chi connectivity index (χ4v) is 1.20. The zero-order chi connectivity index (χ0) is 11.5. The van der Waals surface area contributed by atoms with Crippen LogP contribution in [0.2, 0.25) is 0 Å². The summed E-state index contributed by atoms with van der Waals surface area (Å²) in [5.41, 5.74) is 3.85. The van der Waals surface area contributed by atoms with Gasteiger partial charge in [-0.25, -0.2) is 15.2 Å². The van der Waals surface area contributed by atoms with Crippen LogP contribution in [0.25, 0.3) is 11.3 Å². The number of hydrogen-bond donors (Lipinski definition) is 2. The summed E-state index contributed by atoms with van der Waals surface area (Å²) in [4.78, 5) is 12.0. The summed E-state index contributed by atoms with van der Waals surface area (Å²) >= 11 is 0. The van der Waals surface area contributed by atoms with Crippen LogP contribution in [-0.2, 0) is 0 Å². The van der Waals surface area contributed by atoms with Gasteiger partial charge in [0, 0.05) is 11.8 Å². The number of hydrazine groups is 1. The van der Waals surface area contributed by atoms with Gasteiger partial charge >= 0.3 is 0 Å². The lowest BCUT2D eigenvalue weighted by molar-refractivity contribution is 0.610. The standard InChI is InChI=1S/C10H10FN5/c1-6-8(11)2-7(3-13-6)9-4-15-10(16-12)5-14-9/h2-5H,12H2,1H3,(H,15,16). The minimum atomic E-state index is -0.361. The Hall–Kier alpha value is -2.08. The lowest BCUT2D eigenvalue weighted by Crippen LogP contribution is -2.08. The number of pyridine rings is 1. The van der Waals surface area contributed by atoms with Gasteiger partial charge in [0.15, 0.2) is 5.82 Å². The number of nitrogen functional groups attached to an aromatic ring is 1. The van der Waals surface area contributed by atoms with E-state index in [4.69, 9.17) is 5.84 Å². The summed E-state index contributed by atoms with van der Waals surface area (Å²) in [6, 6.07) is 1.38. The molecule has 2 rings (SSSR count). The maximum Gasteiger partial charge on any atom is 0.158 e. The van der Waals surface area contributed by atoms with E-state index in [-0.39, 0.29) is 5.82 Å². The molecule has 2 aromatic heterocycles. The molecule has 0 aromatic carbocycles. The summed E-state index contributed by atoms with van der Waals surface area (Å²) < 4.78 is 13.3. The Labute approximate surface area is 91.5 Å². The van der Waals surface area contributed by atoms with Crippen LogP contribution >= 0.6 is 0 Å². The van der Waals surface area contributed by atoms with Crippen LogP contribution in [0.4, 0.5) is 10.2 Å². The molecule has 0 radical (unpaired) electrons. The van der Waals surface area contributed by atoms with Gasteiger partial charge in [0.1, 0.15) is 5.82 Å². The molecule has 0 unspecified atom stereocenters. The molecule has 0 spiro atoms. The minimum Gasteiger partial charge on any atom is -0.307 e. The van der Waals surface area contributed by atoms with Gasteiger partial charge in [-0.15, -0.1) is 0 Å². The quantitative estimate of drug-likeness (QED) is 0.587. The van der Waals surface area contributed by atoms with Crippen molar-refractivity contribution in [2.45, 2.75) is 6.92 Å². The highest BCUT2D eigenvalue weighted by atomic mass is 19.1. The molecule has 0 aliphatic heterocycles. The van der Waals surface area contributed by atoms with E-state index in [0.717, 1.165) is 0 Å². The second kappa shape index (κ2) is 4.19. The smallest absolute Gasteiger partial charge is 0.158 e. The summed E-state index contributed by atoms with van der Waals surface area (Å²) in [6.07, 6.45) is 4.52. The van der Waals surface area contributed by atoms with Gasteiger partial charge in [-0.2, -0.15) is 0 Å². The average Bonchev–Trinajstić information content (AvgIpc) is 2.33. The van der Waals surface area contributed by atoms with E-state index in [1.807, 2.05) is 0 Å². The second-order valence-electron chi connectivity index (χ2n) is 3.22. The van der Waals surface area contributed by atoms with Gasteiger partial charge < -0.3 is 5.43 Å². The first-order valence-electron chi connectivity index (χ1n) is 4.62. The first-order valence-corrected chi connectivity index (χ1v) is 4.62. The fraction of sp³-hybridized carbons (Fsp3) is 0.100. The molecule has 0 fully saturated rings. The highest BCUT2D eigenvalue weighted by Gasteiger charge is 2.04. The van der Waals surface area contributed by atoms with Crippen molar-refractivity contribution in [1.82, 2.24) is 15.0 Å². The van der Waals surface area contributed by atoms with Crippen molar-refractivity contribution in [3.8, 4) is 11.3 Å². The molecule has 0 aliphatic rings. The lowest BCUT2D eigenvalue weighted by Gasteiger charge is -2.03. The van der Waals surface area contributed by atoms with E-state index in [9.17, 15) is 4.39 Å². The Bertz CT molecular complexity index is 497. The molecule has 0 saturated heterocycles. The van der Waals surface area contributed by atoms with Gasteiger partial charge in [0.2, 0.25) is 0 Å². The van der Waals surface area contributed by atoms with Gasteiger partial charge in [-0.3, -0.25) is 9.97 Å². The molecule has 0 saturated carbocycles. The highest BCUT2D eigenvalue weighted by molar-refractivity contribution is 5.57. The molecule has 82 valence electrons. The van der Waals surface area contributed by atoms with Crippen LogP contribution in [0.5, 0.6) is 0 Å². The number of aryl methyl sites for hydroxylation is 1. The summed E-state index contributed by atoms with van der Waals surface area (Å²) in [5, 5.41) is 0. The molecular weight excluding hydrogens is 209 g/mol. The summed E-state index contributed by atoms with van der Waals surface area (Å²) in [5.74, 6) is 5.25. The van der Waals surface area contributed by atoms with E-state index in [1.165, 1.54) is 18.5 Å². The predicted octanol–water partition coefficient (Wildman–Crippen LogP) is 1.27. The third-order valence-corrected chi connectivity index (χ3v) is 2.12. The first-order chi connectivity index (χ1) is 7.70. The third-order valence-electron chi connectivity index (χ3n) is 2.12. The van der Waals surface area contributed by atoms with E-state index in [2.05, 4.69) is 20.4 Å². The Kier molecular flexibility index (Phi) is 2.74. The van der Waals surface area contributed by atoms with Crippen molar-refractivity contribution in [3.63, 3.8) is 0 Å². The Morgan fingerprint density at radius 1 is 1.19 bits per heavy atom. The van der Waals surface area contributed by atoms with Crippen molar-refractivity contribution in [2.24, 2.45) is 5.84 Å². The summed E-state index contributed by atoms with van der Waals surface area (Å²) in [6.45, 7) is 1.60. The van der Waals surface area contributed by atoms with Crippen molar-refractivity contribution < 1.29 is 4.39 Å². The Morgan fingerprint density at radius 3 is 2.56 bits per heavy atom. The topological polar surface area (TPSA) is 76.7 Å². The number of halogens is 1. The van der Waals surface area contributed by atoms with Crippen molar-refractivity contribution in [3.05, 3.63) is 36.2 Å². The first kappa shape index (κ1) is 10.4. The second-order valence-corrected chi connectivity index (χ2v) is 3.22. The molecule has 0 atom stereocenters. The van der Waals surface area contributed by atoms with E-state index < -0.39 is 0 Å². The maximum atomic E-state index is 13.3. The Morgan fingerprint density at radius 2 is 2.00 bits per heavy atom. The molecule has 3 N–H and O–H groups in total. The molecule has 0 amide bonds. The molecule has 5 nitrogen and oxygen atoms in total. The van der Waals surface area contributed by atoms with Gasteiger partial charge in [0.25, 0.3) is 0 Å². The van der Waals surface area contributed by atoms with Gasteiger partial charge in [-0.05, 0) is 13.0 Å². The van der Waals surface area contributed by atoms with E-state index in [1.54, 1.807) is 13.1 Å². The molecular formula is C10H10FN5. The SMILES string of the molecule is Cc1ncc(-c2cnc(NN)cn2)cc1F. The summed E-state index contributed by atoms with van der Waals surface area (Å²) in [7, 11) is 0. The van der Waals surface area contributed by atoms with Crippen LogP contribution in [0.3, 0.4) is 0 Å². The normalized spacial score (nSPS) is 10.2. The monoisotopic (exact) mass is 219 g/mol. The van der Waals surface area contributed by atoms with Crippen LogP contribution in [-0.4, -0.2) is 15.0 Å². The van der Waals surface area contributed by atoms with E-state index in [0.29, 0.717) is 22.8 Å². The van der Waals surface area contributed by atoms with Crippen LogP contribution in [0.1, 0.15) is 5.69 Å². The average molecular weight is 219 g/mol. The van der Waals surface area contributed by atoms with Gasteiger partial charge in [0.05, 0.1) is 23.8 Å². The van der Waals surface area contributed by atoms with Crippen molar-refractivity contribution >= 4 is 5.82 Å². The number of hydrogen-bond acceptors (Lipinski definition) is 5.